The summed E-state index contributed by atoms with van der Waals surface area (Å²) in [6, 6.07) is 3.04. The highest BCUT2D eigenvalue weighted by Crippen LogP contribution is 2.30. The second-order valence-electron chi connectivity index (χ2n) is 8.26. The minimum atomic E-state index is -0.653. The van der Waals surface area contributed by atoms with E-state index in [4.69, 9.17) is 4.98 Å². The van der Waals surface area contributed by atoms with E-state index < -0.39 is 11.6 Å². The molecule has 1 aromatic carbocycles. The van der Waals surface area contributed by atoms with Gasteiger partial charge in [0.05, 0.1) is 11.6 Å². The summed E-state index contributed by atoms with van der Waals surface area (Å²) in [6.45, 7) is 2.11. The van der Waals surface area contributed by atoms with Gasteiger partial charge in [0.15, 0.2) is 17.0 Å². The van der Waals surface area contributed by atoms with Gasteiger partial charge in [0.25, 0.3) is 0 Å². The highest BCUT2D eigenvalue weighted by atomic mass is 19.1. The van der Waals surface area contributed by atoms with E-state index in [1.54, 1.807) is 6.33 Å². The van der Waals surface area contributed by atoms with Crippen molar-refractivity contribution < 1.29 is 13.6 Å². The van der Waals surface area contributed by atoms with Gasteiger partial charge < -0.3 is 14.8 Å². The first-order chi connectivity index (χ1) is 15.1. The number of anilines is 2. The number of rotatable bonds is 3. The molecule has 1 N–H and O–H groups in total. The monoisotopic (exact) mass is 426 g/mol. The molecule has 0 unspecified atom stereocenters. The quantitative estimate of drug-likeness (QED) is 0.691. The molecule has 2 aliphatic rings. The lowest BCUT2D eigenvalue weighted by molar-refractivity contribution is -0.120. The first-order valence-electron chi connectivity index (χ1n) is 10.8. The SMILES string of the molecule is O=C(Nc1cc(F)ccc1F)[C@@H]1CCCN(c2ncnc3c2nc2n3CCCCC2)C1. The Balaban J connectivity index is 1.38. The molecule has 2 aliphatic heterocycles. The van der Waals surface area contributed by atoms with Gasteiger partial charge in [-0.1, -0.05) is 6.42 Å². The number of piperidine rings is 1. The van der Waals surface area contributed by atoms with Crippen molar-refractivity contribution >= 4 is 28.6 Å². The zero-order chi connectivity index (χ0) is 21.4. The van der Waals surface area contributed by atoms with Crippen LogP contribution in [0.4, 0.5) is 20.3 Å². The third-order valence-corrected chi connectivity index (χ3v) is 6.15. The fraction of sp³-hybridized carbons (Fsp3) is 0.455. The number of hydrogen-bond acceptors (Lipinski definition) is 5. The summed E-state index contributed by atoms with van der Waals surface area (Å²) in [5, 5.41) is 2.54. The fourth-order valence-electron chi connectivity index (χ4n) is 4.57. The predicted molar refractivity (Wildman–Crippen MR) is 113 cm³/mol. The first-order valence-corrected chi connectivity index (χ1v) is 10.8. The maximum Gasteiger partial charge on any atom is 0.229 e. The topological polar surface area (TPSA) is 75.9 Å². The summed E-state index contributed by atoms with van der Waals surface area (Å²) in [5.74, 6) is -0.145. The van der Waals surface area contributed by atoms with Crippen LogP contribution in [0.3, 0.4) is 0 Å². The lowest BCUT2D eigenvalue weighted by Crippen LogP contribution is -2.41. The van der Waals surface area contributed by atoms with Crippen molar-refractivity contribution in [1.82, 2.24) is 19.5 Å². The van der Waals surface area contributed by atoms with Crippen LogP contribution >= 0.6 is 0 Å². The number of nitrogens with zero attached hydrogens (tertiary/aromatic N) is 5. The number of nitrogens with one attached hydrogen (secondary N) is 1. The van der Waals surface area contributed by atoms with Gasteiger partial charge in [0, 0.05) is 32.1 Å². The Labute approximate surface area is 178 Å². The number of aromatic nitrogens is 4. The summed E-state index contributed by atoms with van der Waals surface area (Å²) in [5.41, 5.74) is 1.48. The number of fused-ring (bicyclic) bond motifs is 3. The van der Waals surface area contributed by atoms with E-state index in [0.29, 0.717) is 13.0 Å². The number of halogens is 2. The third-order valence-electron chi connectivity index (χ3n) is 6.15. The fourth-order valence-corrected chi connectivity index (χ4v) is 4.57. The number of carbonyl (C=O) groups excluding carboxylic acids is 1. The van der Waals surface area contributed by atoms with Gasteiger partial charge in [0.2, 0.25) is 5.91 Å². The Bertz CT molecular complexity index is 1130. The van der Waals surface area contributed by atoms with Crippen molar-refractivity contribution in [2.45, 2.75) is 45.1 Å². The molecule has 9 heteroatoms. The predicted octanol–water partition coefficient (Wildman–Crippen LogP) is 3.69. The van der Waals surface area contributed by atoms with E-state index >= 15 is 0 Å². The minimum Gasteiger partial charge on any atom is -0.354 e. The molecule has 0 aliphatic carbocycles. The van der Waals surface area contributed by atoms with Gasteiger partial charge in [-0.05, 0) is 37.8 Å². The van der Waals surface area contributed by atoms with Gasteiger partial charge in [-0.15, -0.1) is 0 Å². The molecular formula is C22H24F2N6O. The second kappa shape index (κ2) is 8.20. The average molecular weight is 426 g/mol. The van der Waals surface area contributed by atoms with Gasteiger partial charge >= 0.3 is 0 Å². The van der Waals surface area contributed by atoms with Crippen LogP contribution in [0.5, 0.6) is 0 Å². The standard InChI is InChI=1S/C22H24F2N6O/c23-15-7-8-16(24)17(11-15)27-22(31)14-5-4-9-29(12-14)20-19-21(26-13-25-20)30-10-3-1-2-6-18(30)28-19/h7-8,11,13-14H,1-6,9-10,12H2,(H,27,31)/t14-/m1/s1. The van der Waals surface area contributed by atoms with Gasteiger partial charge in [0.1, 0.15) is 23.8 Å². The van der Waals surface area contributed by atoms with Crippen LogP contribution in [0.25, 0.3) is 11.2 Å². The number of carbonyl (C=O) groups is 1. The van der Waals surface area contributed by atoms with Crippen LogP contribution < -0.4 is 10.2 Å². The van der Waals surface area contributed by atoms with Crippen molar-refractivity contribution in [3.05, 3.63) is 42.0 Å². The van der Waals surface area contributed by atoms with Crippen molar-refractivity contribution in [3.8, 4) is 0 Å². The Morgan fingerprint density at radius 3 is 2.90 bits per heavy atom. The van der Waals surface area contributed by atoms with Crippen molar-refractivity contribution in [3.63, 3.8) is 0 Å². The van der Waals surface area contributed by atoms with Crippen molar-refractivity contribution in [2.75, 3.05) is 23.3 Å². The molecule has 1 atom stereocenters. The molecule has 4 heterocycles. The maximum absolute atomic E-state index is 13.9. The molecule has 31 heavy (non-hydrogen) atoms. The molecule has 0 radical (unpaired) electrons. The molecule has 1 saturated heterocycles. The van der Waals surface area contributed by atoms with Crippen LogP contribution in [-0.2, 0) is 17.8 Å². The van der Waals surface area contributed by atoms with Crippen molar-refractivity contribution in [2.24, 2.45) is 5.92 Å². The third kappa shape index (κ3) is 3.84. The average Bonchev–Trinajstić information content (AvgIpc) is 2.97. The molecule has 0 saturated carbocycles. The molecule has 162 valence electrons. The Kier molecular flexibility index (Phi) is 5.25. The first kappa shape index (κ1) is 19.8. The molecule has 7 nitrogen and oxygen atoms in total. The summed E-state index contributed by atoms with van der Waals surface area (Å²) in [7, 11) is 0. The number of hydrogen-bond donors (Lipinski definition) is 1. The second-order valence-corrected chi connectivity index (χ2v) is 8.26. The van der Waals surface area contributed by atoms with Gasteiger partial charge in [-0.2, -0.15) is 0 Å². The van der Waals surface area contributed by atoms with E-state index in [0.717, 1.165) is 79.8 Å². The molecule has 1 amide bonds. The van der Waals surface area contributed by atoms with Gasteiger partial charge in [-0.25, -0.2) is 23.7 Å². The van der Waals surface area contributed by atoms with Crippen molar-refractivity contribution in [1.29, 1.82) is 0 Å². The summed E-state index contributed by atoms with van der Waals surface area (Å²) < 4.78 is 29.6. The molecule has 0 spiro atoms. The summed E-state index contributed by atoms with van der Waals surface area (Å²) in [4.78, 5) is 28.7. The molecule has 0 bridgehead atoms. The highest BCUT2D eigenvalue weighted by Gasteiger charge is 2.29. The molecule has 2 aromatic heterocycles. The zero-order valence-electron chi connectivity index (χ0n) is 17.2. The minimum absolute atomic E-state index is 0.135. The Morgan fingerprint density at radius 1 is 1.10 bits per heavy atom. The van der Waals surface area contributed by atoms with Crippen LogP contribution in [0.1, 0.15) is 37.9 Å². The largest absolute Gasteiger partial charge is 0.354 e. The van der Waals surface area contributed by atoms with Crippen LogP contribution in [0.15, 0.2) is 24.5 Å². The smallest absolute Gasteiger partial charge is 0.229 e. The number of amides is 1. The summed E-state index contributed by atoms with van der Waals surface area (Å²) >= 11 is 0. The van der Waals surface area contributed by atoms with E-state index in [1.165, 1.54) is 6.42 Å². The van der Waals surface area contributed by atoms with Crippen LogP contribution in [0, 0.1) is 17.6 Å². The van der Waals surface area contributed by atoms with E-state index in [-0.39, 0.29) is 17.5 Å². The van der Waals surface area contributed by atoms with E-state index in [1.807, 2.05) is 0 Å². The van der Waals surface area contributed by atoms with E-state index in [2.05, 4.69) is 24.8 Å². The van der Waals surface area contributed by atoms with Crippen LogP contribution in [-0.4, -0.2) is 38.5 Å². The normalized spacial score (nSPS) is 19.2. The number of imidazole rings is 1. The maximum atomic E-state index is 13.9. The van der Waals surface area contributed by atoms with E-state index in [9.17, 15) is 13.6 Å². The number of benzene rings is 1. The highest BCUT2D eigenvalue weighted by molar-refractivity contribution is 5.93. The van der Waals surface area contributed by atoms with Crippen LogP contribution in [0.2, 0.25) is 0 Å². The molecular weight excluding hydrogens is 402 g/mol. The Morgan fingerprint density at radius 2 is 2.00 bits per heavy atom. The van der Waals surface area contributed by atoms with Gasteiger partial charge in [-0.3, -0.25) is 4.79 Å². The molecule has 1 fully saturated rings. The Hall–Kier alpha value is -3.10. The lowest BCUT2D eigenvalue weighted by atomic mass is 9.97. The summed E-state index contributed by atoms with van der Waals surface area (Å²) in [6.07, 6.45) is 7.38. The zero-order valence-corrected chi connectivity index (χ0v) is 17.2. The molecule has 3 aromatic rings. The molecule has 5 rings (SSSR count). The lowest BCUT2D eigenvalue weighted by Gasteiger charge is -2.32. The number of aryl methyl sites for hydroxylation is 2.